The first-order valence-electron chi connectivity index (χ1n) is 6.59. The fourth-order valence-corrected chi connectivity index (χ4v) is 5.22. The molecule has 1 N–H and O–H groups in total. The third-order valence-electron chi connectivity index (χ3n) is 4.38. The second kappa shape index (κ2) is 4.94. The van der Waals surface area contributed by atoms with Crippen molar-refractivity contribution in [3.8, 4) is 0 Å². The van der Waals surface area contributed by atoms with E-state index >= 15 is 0 Å². The fraction of sp³-hybridized carbons (Fsp3) is 0.538. The number of nitrogens with zero attached hydrogens (tertiary/aromatic N) is 1. The average Bonchev–Trinajstić information content (AvgIpc) is 2.96. The maximum Gasteiger partial charge on any atom is 0.243 e. The molecule has 0 radical (unpaired) electrons. The summed E-state index contributed by atoms with van der Waals surface area (Å²) in [4.78, 5) is 0.0590. The molecule has 110 valence electrons. The zero-order chi connectivity index (χ0) is 14.5. The van der Waals surface area contributed by atoms with E-state index in [2.05, 4.69) is 5.32 Å². The predicted octanol–water partition coefficient (Wildman–Crippen LogP) is 1.71. The van der Waals surface area contributed by atoms with E-state index in [1.807, 2.05) is 6.92 Å². The van der Waals surface area contributed by atoms with Crippen molar-refractivity contribution in [3.05, 3.63) is 29.0 Å². The van der Waals surface area contributed by atoms with Crippen LogP contribution in [0.15, 0.2) is 23.1 Å². The molecular formula is C13H16ClFN2O2S. The first-order chi connectivity index (χ1) is 9.41. The smallest absolute Gasteiger partial charge is 0.243 e. The third-order valence-corrected chi connectivity index (χ3v) is 6.62. The zero-order valence-corrected chi connectivity index (χ0v) is 12.6. The summed E-state index contributed by atoms with van der Waals surface area (Å²) in [6, 6.07) is 3.50. The topological polar surface area (TPSA) is 49.4 Å². The van der Waals surface area contributed by atoms with Gasteiger partial charge in [-0.05, 0) is 50.0 Å². The maximum absolute atomic E-state index is 13.2. The molecule has 2 saturated heterocycles. The summed E-state index contributed by atoms with van der Waals surface area (Å²) in [5.74, 6) is 0.0950. The molecule has 2 fully saturated rings. The van der Waals surface area contributed by atoms with Crippen molar-refractivity contribution in [2.24, 2.45) is 11.8 Å². The van der Waals surface area contributed by atoms with Gasteiger partial charge in [-0.2, -0.15) is 4.31 Å². The molecule has 3 rings (SSSR count). The van der Waals surface area contributed by atoms with Crippen molar-refractivity contribution in [1.82, 2.24) is 9.62 Å². The Labute approximate surface area is 123 Å². The monoisotopic (exact) mass is 318 g/mol. The molecule has 0 amide bonds. The molecule has 2 aliphatic rings. The summed E-state index contributed by atoms with van der Waals surface area (Å²) in [5.41, 5.74) is 0. The molecule has 7 heteroatoms. The van der Waals surface area contributed by atoms with Crippen LogP contribution in [-0.2, 0) is 10.0 Å². The summed E-state index contributed by atoms with van der Waals surface area (Å²) in [6.07, 6.45) is 0. The van der Waals surface area contributed by atoms with Gasteiger partial charge in [0.25, 0.3) is 0 Å². The lowest BCUT2D eigenvalue weighted by molar-refractivity contribution is 0.360. The number of sulfonamides is 1. The highest BCUT2D eigenvalue weighted by atomic mass is 35.5. The van der Waals surface area contributed by atoms with Crippen LogP contribution in [0, 0.1) is 17.7 Å². The quantitative estimate of drug-likeness (QED) is 0.903. The number of nitrogens with one attached hydrogen (secondary N) is 1. The van der Waals surface area contributed by atoms with Gasteiger partial charge >= 0.3 is 0 Å². The van der Waals surface area contributed by atoms with Gasteiger partial charge in [0.2, 0.25) is 10.0 Å². The number of fused-ring (bicyclic) bond motifs is 1. The normalized spacial score (nSPS) is 30.6. The van der Waals surface area contributed by atoms with Crippen molar-refractivity contribution in [2.75, 3.05) is 19.6 Å². The Morgan fingerprint density at radius 3 is 2.80 bits per heavy atom. The Bertz CT molecular complexity index is 637. The molecule has 0 bridgehead atoms. The molecule has 3 atom stereocenters. The number of rotatable bonds is 2. The summed E-state index contributed by atoms with van der Waals surface area (Å²) in [6.45, 7) is 4.14. The Morgan fingerprint density at radius 2 is 2.15 bits per heavy atom. The largest absolute Gasteiger partial charge is 0.316 e. The molecule has 4 nitrogen and oxygen atoms in total. The van der Waals surface area contributed by atoms with E-state index in [1.165, 1.54) is 16.4 Å². The molecule has 20 heavy (non-hydrogen) atoms. The van der Waals surface area contributed by atoms with Gasteiger partial charge in [0, 0.05) is 12.6 Å². The highest BCUT2D eigenvalue weighted by molar-refractivity contribution is 7.89. The van der Waals surface area contributed by atoms with Crippen molar-refractivity contribution in [3.63, 3.8) is 0 Å². The summed E-state index contributed by atoms with van der Waals surface area (Å²) < 4.78 is 40.0. The molecule has 0 saturated carbocycles. The van der Waals surface area contributed by atoms with Gasteiger partial charge in [-0.1, -0.05) is 11.6 Å². The molecule has 0 aromatic heterocycles. The lowest BCUT2D eigenvalue weighted by Crippen LogP contribution is -2.38. The lowest BCUT2D eigenvalue weighted by Gasteiger charge is -2.24. The Balaban J connectivity index is 1.94. The minimum Gasteiger partial charge on any atom is -0.316 e. The van der Waals surface area contributed by atoms with Crippen LogP contribution < -0.4 is 5.32 Å². The van der Waals surface area contributed by atoms with Gasteiger partial charge in [-0.25, -0.2) is 12.8 Å². The van der Waals surface area contributed by atoms with Crippen LogP contribution in [-0.4, -0.2) is 38.4 Å². The van der Waals surface area contributed by atoms with Gasteiger partial charge in [0.05, 0.1) is 9.92 Å². The molecule has 1 aromatic carbocycles. The predicted molar refractivity (Wildman–Crippen MR) is 74.6 cm³/mol. The van der Waals surface area contributed by atoms with Crippen LogP contribution in [0.5, 0.6) is 0 Å². The van der Waals surface area contributed by atoms with Gasteiger partial charge in [0.1, 0.15) is 5.82 Å². The Morgan fingerprint density at radius 1 is 1.40 bits per heavy atom. The zero-order valence-electron chi connectivity index (χ0n) is 11.0. The van der Waals surface area contributed by atoms with Crippen molar-refractivity contribution in [2.45, 2.75) is 17.9 Å². The van der Waals surface area contributed by atoms with Crippen LogP contribution in [0.3, 0.4) is 0 Å². The van der Waals surface area contributed by atoms with Gasteiger partial charge < -0.3 is 5.32 Å². The lowest BCUT2D eigenvalue weighted by atomic mass is 9.95. The highest BCUT2D eigenvalue weighted by Crippen LogP contribution is 2.36. The average molecular weight is 319 g/mol. The Kier molecular flexibility index (Phi) is 3.52. The van der Waals surface area contributed by atoms with Crippen LogP contribution >= 0.6 is 11.6 Å². The van der Waals surface area contributed by atoms with E-state index in [0.29, 0.717) is 18.4 Å². The first-order valence-corrected chi connectivity index (χ1v) is 8.40. The van der Waals surface area contributed by atoms with E-state index in [4.69, 9.17) is 11.6 Å². The first kappa shape index (κ1) is 14.3. The van der Waals surface area contributed by atoms with Gasteiger partial charge in [0.15, 0.2) is 0 Å². The van der Waals surface area contributed by atoms with Crippen LogP contribution in [0.1, 0.15) is 6.92 Å². The Hall–Kier alpha value is -0.690. The van der Waals surface area contributed by atoms with E-state index < -0.39 is 15.8 Å². The van der Waals surface area contributed by atoms with E-state index in [9.17, 15) is 12.8 Å². The van der Waals surface area contributed by atoms with Crippen LogP contribution in [0.4, 0.5) is 4.39 Å². The van der Waals surface area contributed by atoms with Crippen LogP contribution in [0.25, 0.3) is 0 Å². The fourth-order valence-electron chi connectivity index (χ4n) is 3.22. The van der Waals surface area contributed by atoms with Crippen molar-refractivity contribution < 1.29 is 12.8 Å². The number of benzene rings is 1. The SMILES string of the molecule is CC1C2CNCC2CN1S(=O)(=O)c1ccc(F)c(Cl)c1. The minimum absolute atomic E-state index is 0.0520. The number of hydrogen-bond acceptors (Lipinski definition) is 3. The highest BCUT2D eigenvalue weighted by Gasteiger charge is 2.46. The second-order valence-electron chi connectivity index (χ2n) is 5.47. The molecule has 3 unspecified atom stereocenters. The molecule has 1 aromatic rings. The number of hydrogen-bond donors (Lipinski definition) is 1. The third kappa shape index (κ3) is 2.15. The molecule has 2 aliphatic heterocycles. The summed E-state index contributed by atoms with van der Waals surface area (Å²) in [5, 5.41) is 3.12. The van der Waals surface area contributed by atoms with Gasteiger partial charge in [-0.15, -0.1) is 0 Å². The molecule has 0 spiro atoms. The number of halogens is 2. The van der Waals surface area contributed by atoms with Crippen LogP contribution in [0.2, 0.25) is 5.02 Å². The van der Waals surface area contributed by atoms with E-state index in [0.717, 1.165) is 19.2 Å². The standard InChI is InChI=1S/C13H16ClFN2O2S/c1-8-11-6-16-5-9(11)7-17(8)20(18,19)10-2-3-13(15)12(14)4-10/h2-4,8-9,11,16H,5-7H2,1H3. The van der Waals surface area contributed by atoms with E-state index in [-0.39, 0.29) is 16.0 Å². The summed E-state index contributed by atoms with van der Waals surface area (Å²) >= 11 is 5.69. The molecular weight excluding hydrogens is 303 g/mol. The van der Waals surface area contributed by atoms with Gasteiger partial charge in [-0.3, -0.25) is 0 Å². The van der Waals surface area contributed by atoms with Crippen molar-refractivity contribution in [1.29, 1.82) is 0 Å². The van der Waals surface area contributed by atoms with Crippen molar-refractivity contribution >= 4 is 21.6 Å². The minimum atomic E-state index is -3.61. The molecule has 2 heterocycles. The van der Waals surface area contributed by atoms with E-state index in [1.54, 1.807) is 0 Å². The maximum atomic E-state index is 13.2. The second-order valence-corrected chi connectivity index (χ2v) is 7.77. The summed E-state index contributed by atoms with van der Waals surface area (Å²) in [7, 11) is -3.61. The molecule has 0 aliphatic carbocycles.